The number of carbonyl (C=O) groups is 1. The van der Waals surface area contributed by atoms with E-state index in [4.69, 9.17) is 0 Å². The van der Waals surface area contributed by atoms with Crippen LogP contribution in [-0.4, -0.2) is 18.0 Å². The van der Waals surface area contributed by atoms with E-state index in [1.54, 1.807) is 0 Å². The maximum Gasteiger partial charge on any atom is 0.240 e. The molecule has 1 fully saturated rings. The number of nitrogens with one attached hydrogen (secondary N) is 2. The van der Waals surface area contributed by atoms with Gasteiger partial charge in [-0.1, -0.05) is 35.2 Å². The summed E-state index contributed by atoms with van der Waals surface area (Å²) in [6, 6.07) is 8.15. The van der Waals surface area contributed by atoms with Gasteiger partial charge in [-0.05, 0) is 43.5 Å². The summed E-state index contributed by atoms with van der Waals surface area (Å²) in [6.07, 6.45) is 4.68. The maximum absolute atomic E-state index is 12.1. The van der Waals surface area contributed by atoms with Crippen LogP contribution in [0, 0.1) is 18.3 Å². The number of halogens is 1. The fourth-order valence-corrected chi connectivity index (χ4v) is 2.91. The van der Waals surface area contributed by atoms with Gasteiger partial charge < -0.3 is 10.6 Å². The van der Waals surface area contributed by atoms with E-state index in [0.29, 0.717) is 0 Å². The minimum Gasteiger partial charge on any atom is -0.376 e. The van der Waals surface area contributed by atoms with Crippen molar-refractivity contribution in [3.05, 3.63) is 28.2 Å². The number of carbonyl (C=O) groups excluding carboxylic acids is 1. The zero-order valence-corrected chi connectivity index (χ0v) is 13.8. The van der Waals surface area contributed by atoms with Gasteiger partial charge >= 0.3 is 0 Å². The summed E-state index contributed by atoms with van der Waals surface area (Å²) < 4.78 is 1.04. The third kappa shape index (κ3) is 4.21. The lowest BCUT2D eigenvalue weighted by molar-refractivity contribution is -0.121. The summed E-state index contributed by atoms with van der Waals surface area (Å²) in [6.45, 7) is 2.19. The Morgan fingerprint density at radius 1 is 1.38 bits per heavy atom. The van der Waals surface area contributed by atoms with Gasteiger partial charge in [0.05, 0.1) is 12.6 Å². The number of nitrogens with zero attached hydrogens (tertiary/aromatic N) is 1. The molecular formula is C16H20BrN3O. The molecule has 1 saturated carbocycles. The molecule has 1 amide bonds. The van der Waals surface area contributed by atoms with Gasteiger partial charge in [0.1, 0.15) is 5.54 Å². The molecule has 1 aromatic carbocycles. The first-order valence-electron chi connectivity index (χ1n) is 7.27. The van der Waals surface area contributed by atoms with Crippen molar-refractivity contribution in [1.29, 1.82) is 5.26 Å². The van der Waals surface area contributed by atoms with Crippen molar-refractivity contribution in [3.63, 3.8) is 0 Å². The fraction of sp³-hybridized carbons (Fsp3) is 0.500. The highest BCUT2D eigenvalue weighted by Crippen LogP contribution is 2.27. The molecule has 21 heavy (non-hydrogen) atoms. The third-order valence-electron chi connectivity index (χ3n) is 3.91. The first kappa shape index (κ1) is 15.8. The lowest BCUT2D eigenvalue weighted by Crippen LogP contribution is -2.50. The molecule has 112 valence electrons. The molecule has 1 aliphatic carbocycles. The second-order valence-electron chi connectivity index (χ2n) is 5.62. The van der Waals surface area contributed by atoms with E-state index in [0.717, 1.165) is 47.8 Å². The van der Waals surface area contributed by atoms with Crippen LogP contribution in [0.2, 0.25) is 0 Å². The maximum atomic E-state index is 12.1. The number of benzene rings is 1. The second kappa shape index (κ2) is 6.95. The molecule has 0 spiro atoms. The van der Waals surface area contributed by atoms with Crippen LogP contribution in [0.1, 0.15) is 37.7 Å². The normalized spacial score (nSPS) is 16.8. The Kier molecular flexibility index (Phi) is 5.24. The van der Waals surface area contributed by atoms with Crippen molar-refractivity contribution >= 4 is 27.5 Å². The predicted molar refractivity (Wildman–Crippen MR) is 86.9 cm³/mol. The molecule has 1 aromatic rings. The quantitative estimate of drug-likeness (QED) is 0.873. The van der Waals surface area contributed by atoms with Crippen LogP contribution >= 0.6 is 15.9 Å². The minimum absolute atomic E-state index is 0.126. The molecule has 0 aliphatic heterocycles. The molecule has 1 aliphatic rings. The van der Waals surface area contributed by atoms with Crippen LogP contribution in [0.25, 0.3) is 0 Å². The average molecular weight is 350 g/mol. The van der Waals surface area contributed by atoms with Crippen molar-refractivity contribution in [2.45, 2.75) is 44.6 Å². The van der Waals surface area contributed by atoms with Crippen LogP contribution in [0.4, 0.5) is 5.69 Å². The first-order chi connectivity index (χ1) is 10.0. The lowest BCUT2D eigenvalue weighted by Gasteiger charge is -2.31. The summed E-state index contributed by atoms with van der Waals surface area (Å²) in [5.74, 6) is -0.126. The summed E-state index contributed by atoms with van der Waals surface area (Å²) in [4.78, 5) is 12.1. The molecule has 0 unspecified atom stereocenters. The van der Waals surface area contributed by atoms with Crippen LogP contribution in [-0.2, 0) is 4.79 Å². The summed E-state index contributed by atoms with van der Waals surface area (Å²) in [5.41, 5.74) is 1.36. The van der Waals surface area contributed by atoms with Crippen LogP contribution in [0.3, 0.4) is 0 Å². The molecule has 0 atom stereocenters. The Bertz CT molecular complexity index is 559. The average Bonchev–Trinajstić information content (AvgIpc) is 2.49. The third-order valence-corrected chi connectivity index (χ3v) is 4.80. The van der Waals surface area contributed by atoms with Gasteiger partial charge in [0, 0.05) is 10.2 Å². The van der Waals surface area contributed by atoms with Crippen molar-refractivity contribution in [2.75, 3.05) is 11.9 Å². The fourth-order valence-electron chi connectivity index (χ4n) is 2.67. The second-order valence-corrected chi connectivity index (χ2v) is 6.47. The zero-order valence-electron chi connectivity index (χ0n) is 12.2. The number of amides is 1. The van der Waals surface area contributed by atoms with Gasteiger partial charge in [0.15, 0.2) is 0 Å². The zero-order chi connectivity index (χ0) is 15.3. The van der Waals surface area contributed by atoms with Crippen LogP contribution in [0.15, 0.2) is 22.7 Å². The molecule has 5 heteroatoms. The smallest absolute Gasteiger partial charge is 0.240 e. The lowest BCUT2D eigenvalue weighted by atomic mass is 9.83. The SMILES string of the molecule is Cc1cc(NCC(=O)NC2(C#N)CCCCC2)ccc1Br. The molecule has 0 bridgehead atoms. The van der Waals surface area contributed by atoms with Gasteiger partial charge in [-0.25, -0.2) is 0 Å². The van der Waals surface area contributed by atoms with Gasteiger partial charge in [0.25, 0.3) is 0 Å². The molecule has 0 radical (unpaired) electrons. The van der Waals surface area contributed by atoms with Crippen LogP contribution in [0.5, 0.6) is 0 Å². The Hall–Kier alpha value is -1.54. The molecule has 4 nitrogen and oxygen atoms in total. The minimum atomic E-state index is -0.660. The topological polar surface area (TPSA) is 64.9 Å². The van der Waals surface area contributed by atoms with Gasteiger partial charge in [-0.15, -0.1) is 0 Å². The number of aryl methyl sites for hydroxylation is 1. The van der Waals surface area contributed by atoms with Gasteiger partial charge in [-0.3, -0.25) is 4.79 Å². The molecule has 0 aromatic heterocycles. The van der Waals surface area contributed by atoms with E-state index in [-0.39, 0.29) is 12.5 Å². The largest absolute Gasteiger partial charge is 0.376 e. The molecular weight excluding hydrogens is 330 g/mol. The van der Waals surface area contributed by atoms with E-state index >= 15 is 0 Å². The highest BCUT2D eigenvalue weighted by Gasteiger charge is 2.33. The van der Waals surface area contributed by atoms with Crippen molar-refractivity contribution < 1.29 is 4.79 Å². The van der Waals surface area contributed by atoms with E-state index in [9.17, 15) is 10.1 Å². The highest BCUT2D eigenvalue weighted by molar-refractivity contribution is 9.10. The number of rotatable bonds is 4. The Morgan fingerprint density at radius 2 is 2.10 bits per heavy atom. The van der Waals surface area contributed by atoms with Crippen LogP contribution < -0.4 is 10.6 Å². The van der Waals surface area contributed by atoms with E-state index in [1.165, 1.54) is 0 Å². The summed E-state index contributed by atoms with van der Waals surface area (Å²) in [5, 5.41) is 15.4. The standard InChI is InChI=1S/C16H20BrN3O/c1-12-9-13(5-6-14(12)17)19-10-15(21)20-16(11-18)7-3-2-4-8-16/h5-6,9,19H,2-4,7-8,10H2,1H3,(H,20,21). The summed E-state index contributed by atoms with van der Waals surface area (Å²) >= 11 is 3.45. The number of hydrogen-bond donors (Lipinski definition) is 2. The molecule has 0 saturated heterocycles. The molecule has 0 heterocycles. The van der Waals surface area contributed by atoms with E-state index in [1.807, 2.05) is 25.1 Å². The Morgan fingerprint density at radius 3 is 2.71 bits per heavy atom. The Balaban J connectivity index is 1.89. The predicted octanol–water partition coefficient (Wildman–Crippen LogP) is 3.51. The number of anilines is 1. The number of hydrogen-bond acceptors (Lipinski definition) is 3. The van der Waals surface area contributed by atoms with Crippen molar-refractivity contribution in [1.82, 2.24) is 5.32 Å². The monoisotopic (exact) mass is 349 g/mol. The molecule has 2 rings (SSSR count). The first-order valence-corrected chi connectivity index (χ1v) is 8.06. The van der Waals surface area contributed by atoms with Crippen molar-refractivity contribution in [2.24, 2.45) is 0 Å². The van der Waals surface area contributed by atoms with Gasteiger partial charge in [-0.2, -0.15) is 5.26 Å². The van der Waals surface area contributed by atoms with E-state index < -0.39 is 5.54 Å². The highest BCUT2D eigenvalue weighted by atomic mass is 79.9. The molecule has 2 N–H and O–H groups in total. The summed E-state index contributed by atoms with van der Waals surface area (Å²) in [7, 11) is 0. The number of nitriles is 1. The van der Waals surface area contributed by atoms with Gasteiger partial charge in [0.2, 0.25) is 5.91 Å². The van der Waals surface area contributed by atoms with E-state index in [2.05, 4.69) is 32.6 Å². The van der Waals surface area contributed by atoms with Crippen molar-refractivity contribution in [3.8, 4) is 6.07 Å². The Labute approximate surface area is 134 Å².